The molecule has 21 heavy (non-hydrogen) atoms. The molecule has 1 aromatic heterocycles. The second kappa shape index (κ2) is 6.34. The molecule has 0 unspecified atom stereocenters. The fourth-order valence-electron chi connectivity index (χ4n) is 1.87. The highest BCUT2D eigenvalue weighted by atomic mass is 16.6. The summed E-state index contributed by atoms with van der Waals surface area (Å²) in [5.74, 6) is 0.106. The van der Waals surface area contributed by atoms with E-state index in [1.54, 1.807) is 18.2 Å². The van der Waals surface area contributed by atoms with Crippen molar-refractivity contribution in [3.8, 4) is 6.07 Å². The van der Waals surface area contributed by atoms with E-state index >= 15 is 0 Å². The van der Waals surface area contributed by atoms with E-state index in [2.05, 4.69) is 10.3 Å². The number of nitriles is 1. The maximum absolute atomic E-state index is 11.0. The van der Waals surface area contributed by atoms with E-state index < -0.39 is 4.92 Å². The van der Waals surface area contributed by atoms with E-state index in [9.17, 15) is 10.1 Å². The van der Waals surface area contributed by atoms with Gasteiger partial charge in [-0.1, -0.05) is 12.1 Å². The van der Waals surface area contributed by atoms with Crippen LogP contribution < -0.4 is 11.1 Å². The second-order valence-electron chi connectivity index (χ2n) is 4.34. The van der Waals surface area contributed by atoms with Gasteiger partial charge in [-0.05, 0) is 30.2 Å². The molecular formula is C14H13N5O2. The van der Waals surface area contributed by atoms with Crippen LogP contribution in [0.25, 0.3) is 0 Å². The molecule has 7 heteroatoms. The number of benzene rings is 1. The summed E-state index contributed by atoms with van der Waals surface area (Å²) in [6.07, 6.45) is 2.03. The van der Waals surface area contributed by atoms with Crippen molar-refractivity contribution in [2.75, 3.05) is 17.6 Å². The highest BCUT2D eigenvalue weighted by molar-refractivity contribution is 5.64. The Bertz CT molecular complexity index is 692. The molecular weight excluding hydrogens is 270 g/mol. The molecule has 2 aromatic rings. The van der Waals surface area contributed by atoms with Crippen molar-refractivity contribution < 1.29 is 4.92 Å². The van der Waals surface area contributed by atoms with Crippen molar-refractivity contribution >= 4 is 17.2 Å². The summed E-state index contributed by atoms with van der Waals surface area (Å²) in [6, 6.07) is 10.5. The standard InChI is InChI=1S/C14H13N5O2/c15-9-11-6-8-18-14(13(11)19(20)21)17-7-5-10-1-3-12(16)4-2-10/h1-4,6,8H,5,7,16H2,(H,17,18). The van der Waals surface area contributed by atoms with Gasteiger partial charge in [0.1, 0.15) is 11.6 Å². The number of anilines is 2. The number of nitro groups is 1. The zero-order chi connectivity index (χ0) is 15.2. The average molecular weight is 283 g/mol. The molecule has 0 fully saturated rings. The first-order chi connectivity index (χ1) is 10.1. The van der Waals surface area contributed by atoms with Crippen LogP contribution in [0.5, 0.6) is 0 Å². The van der Waals surface area contributed by atoms with Crippen LogP contribution in [0.1, 0.15) is 11.1 Å². The van der Waals surface area contributed by atoms with Gasteiger partial charge in [-0.3, -0.25) is 10.1 Å². The van der Waals surface area contributed by atoms with Gasteiger partial charge >= 0.3 is 5.69 Å². The molecule has 0 aliphatic heterocycles. The van der Waals surface area contributed by atoms with Crippen LogP contribution in [0.4, 0.5) is 17.2 Å². The molecule has 7 nitrogen and oxygen atoms in total. The van der Waals surface area contributed by atoms with Gasteiger partial charge in [0.2, 0.25) is 5.82 Å². The molecule has 0 saturated carbocycles. The van der Waals surface area contributed by atoms with E-state index in [1.165, 1.54) is 12.3 Å². The lowest BCUT2D eigenvalue weighted by atomic mass is 10.1. The van der Waals surface area contributed by atoms with Gasteiger partial charge in [-0.25, -0.2) is 4.98 Å². The Hall–Kier alpha value is -3.14. The summed E-state index contributed by atoms with van der Waals surface area (Å²) in [5, 5.41) is 22.8. The Morgan fingerprint density at radius 3 is 2.67 bits per heavy atom. The van der Waals surface area contributed by atoms with E-state index in [4.69, 9.17) is 11.0 Å². The zero-order valence-corrected chi connectivity index (χ0v) is 11.1. The fraction of sp³-hybridized carbons (Fsp3) is 0.143. The van der Waals surface area contributed by atoms with E-state index in [0.29, 0.717) is 18.7 Å². The molecule has 0 spiro atoms. The molecule has 0 aliphatic rings. The third kappa shape index (κ3) is 3.45. The molecule has 0 bridgehead atoms. The summed E-state index contributed by atoms with van der Waals surface area (Å²) >= 11 is 0. The highest BCUT2D eigenvalue weighted by Gasteiger charge is 2.20. The third-order valence-corrected chi connectivity index (χ3v) is 2.91. The van der Waals surface area contributed by atoms with Crippen molar-refractivity contribution in [2.45, 2.75) is 6.42 Å². The first-order valence-corrected chi connectivity index (χ1v) is 6.23. The lowest BCUT2D eigenvalue weighted by molar-refractivity contribution is -0.384. The predicted molar refractivity (Wildman–Crippen MR) is 78.7 cm³/mol. The van der Waals surface area contributed by atoms with Gasteiger partial charge in [0.05, 0.1) is 4.92 Å². The molecule has 106 valence electrons. The zero-order valence-electron chi connectivity index (χ0n) is 11.1. The first kappa shape index (κ1) is 14.3. The average Bonchev–Trinajstić information content (AvgIpc) is 2.48. The lowest BCUT2D eigenvalue weighted by Crippen LogP contribution is -2.09. The van der Waals surface area contributed by atoms with Gasteiger partial charge in [0.15, 0.2) is 0 Å². The number of rotatable bonds is 5. The molecule has 2 rings (SSSR count). The summed E-state index contributed by atoms with van der Waals surface area (Å²) in [7, 11) is 0. The third-order valence-electron chi connectivity index (χ3n) is 2.91. The number of nitrogens with one attached hydrogen (secondary N) is 1. The van der Waals surface area contributed by atoms with Crippen LogP contribution in [0.3, 0.4) is 0 Å². The highest BCUT2D eigenvalue weighted by Crippen LogP contribution is 2.25. The number of nitrogens with zero attached hydrogens (tertiary/aromatic N) is 3. The number of hydrogen-bond donors (Lipinski definition) is 2. The molecule has 0 aliphatic carbocycles. The predicted octanol–water partition coefficient (Wildman–Crippen LogP) is 2.10. The normalized spacial score (nSPS) is 9.86. The Balaban J connectivity index is 2.08. The van der Waals surface area contributed by atoms with Gasteiger partial charge in [0.25, 0.3) is 0 Å². The Morgan fingerprint density at radius 2 is 2.05 bits per heavy atom. The van der Waals surface area contributed by atoms with Gasteiger partial charge in [-0.2, -0.15) is 5.26 Å². The van der Waals surface area contributed by atoms with E-state index in [0.717, 1.165) is 5.56 Å². The molecule has 0 amide bonds. The van der Waals surface area contributed by atoms with Crippen LogP contribution in [0.15, 0.2) is 36.5 Å². The number of aromatic nitrogens is 1. The smallest absolute Gasteiger partial charge is 0.328 e. The van der Waals surface area contributed by atoms with Crippen molar-refractivity contribution in [2.24, 2.45) is 0 Å². The molecule has 1 heterocycles. The van der Waals surface area contributed by atoms with Crippen LogP contribution in [-0.2, 0) is 6.42 Å². The summed E-state index contributed by atoms with van der Waals surface area (Å²) in [4.78, 5) is 14.4. The summed E-state index contributed by atoms with van der Waals surface area (Å²) in [5.41, 5.74) is 7.03. The Morgan fingerprint density at radius 1 is 1.33 bits per heavy atom. The lowest BCUT2D eigenvalue weighted by Gasteiger charge is -2.07. The number of hydrogen-bond acceptors (Lipinski definition) is 6. The minimum absolute atomic E-state index is 0.00927. The van der Waals surface area contributed by atoms with Crippen LogP contribution in [-0.4, -0.2) is 16.5 Å². The van der Waals surface area contributed by atoms with Crippen LogP contribution in [0, 0.1) is 21.4 Å². The maximum Gasteiger partial charge on any atom is 0.328 e. The fourth-order valence-corrected chi connectivity index (χ4v) is 1.87. The van der Waals surface area contributed by atoms with E-state index in [1.807, 2.05) is 12.1 Å². The minimum Gasteiger partial charge on any atom is -0.399 e. The number of pyridine rings is 1. The van der Waals surface area contributed by atoms with E-state index in [-0.39, 0.29) is 17.1 Å². The summed E-state index contributed by atoms with van der Waals surface area (Å²) < 4.78 is 0. The van der Waals surface area contributed by atoms with Crippen LogP contribution >= 0.6 is 0 Å². The van der Waals surface area contributed by atoms with Gasteiger partial charge < -0.3 is 11.1 Å². The van der Waals surface area contributed by atoms with Crippen molar-refractivity contribution in [3.05, 3.63) is 57.8 Å². The van der Waals surface area contributed by atoms with Crippen molar-refractivity contribution in [3.63, 3.8) is 0 Å². The Labute approximate surface area is 121 Å². The van der Waals surface area contributed by atoms with Crippen molar-refractivity contribution in [1.82, 2.24) is 4.98 Å². The number of nitrogens with two attached hydrogens (primary N) is 1. The van der Waals surface area contributed by atoms with Gasteiger partial charge in [-0.15, -0.1) is 0 Å². The minimum atomic E-state index is -0.600. The SMILES string of the molecule is N#Cc1ccnc(NCCc2ccc(N)cc2)c1[N+](=O)[O-]. The molecule has 0 radical (unpaired) electrons. The van der Waals surface area contributed by atoms with Crippen molar-refractivity contribution in [1.29, 1.82) is 5.26 Å². The topological polar surface area (TPSA) is 118 Å². The quantitative estimate of drug-likeness (QED) is 0.493. The second-order valence-corrected chi connectivity index (χ2v) is 4.34. The molecule has 0 saturated heterocycles. The molecule has 0 atom stereocenters. The maximum atomic E-state index is 11.0. The van der Waals surface area contributed by atoms with Gasteiger partial charge in [0, 0.05) is 18.4 Å². The Kier molecular flexibility index (Phi) is 4.31. The molecule has 3 N–H and O–H groups in total. The monoisotopic (exact) mass is 283 g/mol. The number of nitrogen functional groups attached to an aromatic ring is 1. The first-order valence-electron chi connectivity index (χ1n) is 6.23. The largest absolute Gasteiger partial charge is 0.399 e. The van der Waals surface area contributed by atoms with Crippen LogP contribution in [0.2, 0.25) is 0 Å². The summed E-state index contributed by atoms with van der Waals surface area (Å²) in [6.45, 7) is 0.465. The molecule has 1 aromatic carbocycles.